The molecular formula is C30H36N2O5. The molecule has 0 radical (unpaired) electrons. The Morgan fingerprint density at radius 2 is 1.78 bits per heavy atom. The molecule has 0 bridgehead atoms. The van der Waals surface area contributed by atoms with Crippen LogP contribution in [-0.2, 0) is 20.7 Å². The number of nitrogens with zero attached hydrogens (tertiary/aromatic N) is 2. The molecular weight excluding hydrogens is 468 g/mol. The first kappa shape index (κ1) is 25.5. The monoisotopic (exact) mass is 504 g/mol. The van der Waals surface area contributed by atoms with Gasteiger partial charge in [0.2, 0.25) is 0 Å². The second-order valence-electron chi connectivity index (χ2n) is 10.6. The highest BCUT2D eigenvalue weighted by Gasteiger charge is 2.46. The van der Waals surface area contributed by atoms with E-state index in [2.05, 4.69) is 18.7 Å². The van der Waals surface area contributed by atoms with Crippen LogP contribution in [-0.4, -0.2) is 72.1 Å². The van der Waals surface area contributed by atoms with Gasteiger partial charge in [-0.15, -0.1) is 0 Å². The molecule has 2 aromatic rings. The summed E-state index contributed by atoms with van der Waals surface area (Å²) in [6, 6.07) is 12.9. The zero-order chi connectivity index (χ0) is 26.1. The number of carbonyl (C=O) groups excluding carboxylic acids is 2. The Bertz CT molecular complexity index is 1200. The lowest BCUT2D eigenvalue weighted by atomic mass is 9.92. The van der Waals surface area contributed by atoms with Crippen LogP contribution in [0.1, 0.15) is 61.4 Å². The molecule has 1 amide bonds. The molecule has 2 aromatic carbocycles. The molecule has 5 rings (SSSR count). The fourth-order valence-electron chi connectivity index (χ4n) is 5.53. The van der Waals surface area contributed by atoms with Crippen molar-refractivity contribution < 1.29 is 24.2 Å². The van der Waals surface area contributed by atoms with Gasteiger partial charge in [0.1, 0.15) is 17.6 Å². The molecule has 3 aliphatic heterocycles. The lowest BCUT2D eigenvalue weighted by Crippen LogP contribution is -2.38. The topological polar surface area (TPSA) is 79.3 Å². The molecule has 0 aromatic heterocycles. The van der Waals surface area contributed by atoms with Gasteiger partial charge < -0.3 is 19.5 Å². The molecule has 37 heavy (non-hydrogen) atoms. The Morgan fingerprint density at radius 1 is 1.05 bits per heavy atom. The number of aliphatic hydroxyl groups excluding tert-OH is 1. The third kappa shape index (κ3) is 5.15. The largest absolute Gasteiger partial charge is 0.507 e. The summed E-state index contributed by atoms with van der Waals surface area (Å²) in [6.45, 7) is 10.7. The number of rotatable bonds is 7. The smallest absolute Gasteiger partial charge is 0.295 e. The average Bonchev–Trinajstić information content (AvgIpc) is 3.40. The normalized spacial score (nSPS) is 23.5. The summed E-state index contributed by atoms with van der Waals surface area (Å²) in [5.41, 5.74) is 3.69. The molecule has 0 saturated carbocycles. The fourth-order valence-corrected chi connectivity index (χ4v) is 5.53. The van der Waals surface area contributed by atoms with Crippen LogP contribution >= 0.6 is 0 Å². The standard InChI is InChI=1S/C30H36N2O5/c1-19(2)21-5-7-22(8-6-21)27-26(28(33)23-9-10-25-24(18-23)17-20(3)37-25)29(34)30(35)32(27)12-4-11-31-13-15-36-16-14-31/h5-10,18-20,27,33H,4,11-17H2,1-3H3/t20-,27+/m1/s1. The number of ketones is 1. The highest BCUT2D eigenvalue weighted by atomic mass is 16.5. The van der Waals surface area contributed by atoms with Gasteiger partial charge in [0, 0.05) is 38.2 Å². The molecule has 3 heterocycles. The van der Waals surface area contributed by atoms with E-state index in [1.54, 1.807) is 11.0 Å². The molecule has 1 N–H and O–H groups in total. The van der Waals surface area contributed by atoms with E-state index in [-0.39, 0.29) is 17.4 Å². The van der Waals surface area contributed by atoms with E-state index in [4.69, 9.17) is 9.47 Å². The van der Waals surface area contributed by atoms with Crippen molar-refractivity contribution in [3.63, 3.8) is 0 Å². The molecule has 0 unspecified atom stereocenters. The zero-order valence-electron chi connectivity index (χ0n) is 21.9. The van der Waals surface area contributed by atoms with Crippen molar-refractivity contribution in [3.05, 3.63) is 70.3 Å². The first-order chi connectivity index (χ1) is 17.8. The van der Waals surface area contributed by atoms with E-state index in [1.165, 1.54) is 5.56 Å². The number of hydrogen-bond donors (Lipinski definition) is 1. The van der Waals surface area contributed by atoms with E-state index >= 15 is 0 Å². The minimum absolute atomic E-state index is 0.0731. The molecule has 7 nitrogen and oxygen atoms in total. The summed E-state index contributed by atoms with van der Waals surface area (Å²) in [7, 11) is 0. The first-order valence-corrected chi connectivity index (χ1v) is 13.3. The van der Waals surface area contributed by atoms with E-state index in [0.29, 0.717) is 18.0 Å². The summed E-state index contributed by atoms with van der Waals surface area (Å²) in [4.78, 5) is 30.6. The van der Waals surface area contributed by atoms with Crippen LogP contribution in [0, 0.1) is 0 Å². The molecule has 0 aliphatic carbocycles. The number of likely N-dealkylation sites (tertiary alicyclic amines) is 1. The molecule has 196 valence electrons. The summed E-state index contributed by atoms with van der Waals surface area (Å²) in [5.74, 6) is -0.154. The van der Waals surface area contributed by atoms with Crippen LogP contribution in [0.3, 0.4) is 0 Å². The van der Waals surface area contributed by atoms with E-state index in [1.807, 2.05) is 43.3 Å². The number of fused-ring (bicyclic) bond motifs is 1. The minimum Gasteiger partial charge on any atom is -0.507 e. The number of benzene rings is 2. The summed E-state index contributed by atoms with van der Waals surface area (Å²) >= 11 is 0. The SMILES string of the molecule is CC(C)c1ccc([C@H]2C(=C(O)c3ccc4c(c3)C[C@@H](C)O4)C(=O)C(=O)N2CCCN2CCOCC2)cc1. The number of hydrogen-bond acceptors (Lipinski definition) is 6. The number of carbonyl (C=O) groups is 2. The Kier molecular flexibility index (Phi) is 7.36. The van der Waals surface area contributed by atoms with E-state index < -0.39 is 17.7 Å². The van der Waals surface area contributed by atoms with Gasteiger partial charge in [-0.25, -0.2) is 0 Å². The van der Waals surface area contributed by atoms with Gasteiger partial charge in [-0.1, -0.05) is 38.1 Å². The summed E-state index contributed by atoms with van der Waals surface area (Å²) < 4.78 is 11.2. The maximum atomic E-state index is 13.4. The Morgan fingerprint density at radius 3 is 2.49 bits per heavy atom. The summed E-state index contributed by atoms with van der Waals surface area (Å²) in [5, 5.41) is 11.4. The van der Waals surface area contributed by atoms with Gasteiger partial charge in [0.25, 0.3) is 11.7 Å². The highest BCUT2D eigenvalue weighted by molar-refractivity contribution is 6.46. The van der Waals surface area contributed by atoms with Crippen LogP contribution in [0.5, 0.6) is 5.75 Å². The lowest BCUT2D eigenvalue weighted by molar-refractivity contribution is -0.140. The van der Waals surface area contributed by atoms with Crippen LogP contribution in [0.15, 0.2) is 48.0 Å². The first-order valence-electron chi connectivity index (χ1n) is 13.3. The number of Topliss-reactive ketones (excluding diaryl/α,β-unsaturated/α-hetero) is 1. The van der Waals surface area contributed by atoms with E-state index in [9.17, 15) is 14.7 Å². The van der Waals surface area contributed by atoms with E-state index in [0.717, 1.165) is 62.6 Å². The third-order valence-corrected chi connectivity index (χ3v) is 7.61. The van der Waals surface area contributed by atoms with Crippen LogP contribution < -0.4 is 4.74 Å². The predicted octanol–water partition coefficient (Wildman–Crippen LogP) is 4.28. The second-order valence-corrected chi connectivity index (χ2v) is 10.6. The quantitative estimate of drug-likeness (QED) is 0.345. The second kappa shape index (κ2) is 10.7. The van der Waals surface area contributed by atoms with Crippen molar-refractivity contribution in [1.82, 2.24) is 9.80 Å². The van der Waals surface area contributed by atoms with Gasteiger partial charge in [0.05, 0.1) is 24.8 Å². The van der Waals surface area contributed by atoms with Crippen molar-refractivity contribution in [2.75, 3.05) is 39.4 Å². The van der Waals surface area contributed by atoms with Gasteiger partial charge >= 0.3 is 0 Å². The lowest BCUT2D eigenvalue weighted by Gasteiger charge is -2.29. The highest BCUT2D eigenvalue weighted by Crippen LogP contribution is 2.41. The maximum absolute atomic E-state index is 13.4. The molecule has 2 saturated heterocycles. The van der Waals surface area contributed by atoms with Crippen molar-refractivity contribution in [2.45, 2.75) is 51.7 Å². The van der Waals surface area contributed by atoms with Crippen LogP contribution in [0.25, 0.3) is 5.76 Å². The minimum atomic E-state index is -0.632. The van der Waals surface area contributed by atoms with Crippen molar-refractivity contribution in [3.8, 4) is 5.75 Å². The van der Waals surface area contributed by atoms with Gasteiger partial charge in [-0.3, -0.25) is 14.5 Å². The number of ether oxygens (including phenoxy) is 2. The van der Waals surface area contributed by atoms with Gasteiger partial charge in [-0.2, -0.15) is 0 Å². The predicted molar refractivity (Wildman–Crippen MR) is 142 cm³/mol. The number of amides is 1. The van der Waals surface area contributed by atoms with Crippen LogP contribution in [0.2, 0.25) is 0 Å². The third-order valence-electron chi connectivity index (χ3n) is 7.61. The van der Waals surface area contributed by atoms with Crippen molar-refractivity contribution in [2.24, 2.45) is 0 Å². The Labute approximate surface area is 218 Å². The fraction of sp³-hybridized carbons (Fsp3) is 0.467. The van der Waals surface area contributed by atoms with Crippen LogP contribution in [0.4, 0.5) is 0 Å². The molecule has 2 fully saturated rings. The van der Waals surface area contributed by atoms with Crippen molar-refractivity contribution >= 4 is 17.4 Å². The number of morpholine rings is 1. The molecule has 0 spiro atoms. The zero-order valence-corrected chi connectivity index (χ0v) is 21.9. The molecule has 7 heteroatoms. The Hall–Kier alpha value is -3.16. The molecule has 2 atom stereocenters. The molecule has 3 aliphatic rings. The maximum Gasteiger partial charge on any atom is 0.295 e. The number of aliphatic hydroxyl groups is 1. The summed E-state index contributed by atoms with van der Waals surface area (Å²) in [6.07, 6.45) is 1.55. The average molecular weight is 505 g/mol. The Balaban J connectivity index is 1.49. The van der Waals surface area contributed by atoms with Gasteiger partial charge in [-0.05, 0) is 54.2 Å². The van der Waals surface area contributed by atoms with Crippen molar-refractivity contribution in [1.29, 1.82) is 0 Å². The van der Waals surface area contributed by atoms with Gasteiger partial charge in [0.15, 0.2) is 0 Å².